The van der Waals surface area contributed by atoms with Gasteiger partial charge in [0.1, 0.15) is 6.04 Å². The second-order valence-corrected chi connectivity index (χ2v) is 3.48. The zero-order valence-electron chi connectivity index (χ0n) is 9.12. The molecule has 0 aliphatic carbocycles. The van der Waals surface area contributed by atoms with Gasteiger partial charge in [-0.25, -0.2) is 0 Å². The van der Waals surface area contributed by atoms with Crippen molar-refractivity contribution in [1.29, 1.82) is 0 Å². The lowest BCUT2D eigenvalue weighted by Crippen LogP contribution is -2.06. The molecule has 0 bridgehead atoms. The zero-order valence-corrected chi connectivity index (χ0v) is 9.12. The SMILES string of the molecule is CCCCCCC(C)N=[N+]([O-])CC. The van der Waals surface area contributed by atoms with Crippen molar-refractivity contribution in [3.63, 3.8) is 0 Å². The van der Waals surface area contributed by atoms with Gasteiger partial charge in [-0.1, -0.05) is 37.5 Å². The number of hydrogen-bond acceptors (Lipinski definition) is 2. The molecule has 0 amide bonds. The molecule has 3 nitrogen and oxygen atoms in total. The van der Waals surface area contributed by atoms with Gasteiger partial charge in [-0.15, -0.1) is 0 Å². The molecule has 0 N–H and O–H groups in total. The Morgan fingerprint density at radius 3 is 2.46 bits per heavy atom. The van der Waals surface area contributed by atoms with Crippen molar-refractivity contribution in [2.45, 2.75) is 58.9 Å². The van der Waals surface area contributed by atoms with Crippen LogP contribution in [0.25, 0.3) is 0 Å². The first-order valence-corrected chi connectivity index (χ1v) is 5.36. The smallest absolute Gasteiger partial charge is 0.177 e. The van der Waals surface area contributed by atoms with Gasteiger partial charge in [0.2, 0.25) is 0 Å². The van der Waals surface area contributed by atoms with E-state index in [0.29, 0.717) is 6.54 Å². The molecule has 78 valence electrons. The molecule has 13 heavy (non-hydrogen) atoms. The summed E-state index contributed by atoms with van der Waals surface area (Å²) in [6.45, 7) is 6.48. The topological polar surface area (TPSA) is 38.4 Å². The van der Waals surface area contributed by atoms with E-state index < -0.39 is 0 Å². The normalized spacial score (nSPS) is 14.5. The van der Waals surface area contributed by atoms with Crippen LogP contribution >= 0.6 is 0 Å². The van der Waals surface area contributed by atoms with Crippen LogP contribution in [0.4, 0.5) is 0 Å². The van der Waals surface area contributed by atoms with E-state index in [2.05, 4.69) is 12.0 Å². The first-order valence-electron chi connectivity index (χ1n) is 5.36. The van der Waals surface area contributed by atoms with Crippen molar-refractivity contribution in [1.82, 2.24) is 0 Å². The van der Waals surface area contributed by atoms with Crippen LogP contribution in [-0.4, -0.2) is 17.4 Å². The Morgan fingerprint density at radius 2 is 1.92 bits per heavy atom. The standard InChI is InChI=1S/C10H22N2O/c1-4-6-7-8-9-10(3)11-12(13)5-2/h10H,4-9H2,1-3H3. The van der Waals surface area contributed by atoms with Crippen LogP contribution in [0.5, 0.6) is 0 Å². The van der Waals surface area contributed by atoms with Gasteiger partial charge in [0.15, 0.2) is 6.54 Å². The molecular formula is C10H22N2O. The number of hydroxylamine groups is 1. The van der Waals surface area contributed by atoms with Crippen molar-refractivity contribution in [3.8, 4) is 0 Å². The fourth-order valence-electron chi connectivity index (χ4n) is 1.23. The van der Waals surface area contributed by atoms with Crippen molar-refractivity contribution in [2.24, 2.45) is 5.11 Å². The third-order valence-electron chi connectivity index (χ3n) is 2.07. The van der Waals surface area contributed by atoms with Gasteiger partial charge in [0, 0.05) is 0 Å². The first-order chi connectivity index (χ1) is 6.20. The van der Waals surface area contributed by atoms with Crippen LogP contribution in [0, 0.1) is 5.21 Å². The Hall–Kier alpha value is -0.600. The molecule has 0 aliphatic rings. The summed E-state index contributed by atoms with van der Waals surface area (Å²) in [6.07, 6.45) is 6.05. The fraction of sp³-hybridized carbons (Fsp3) is 1.00. The molecule has 1 atom stereocenters. The minimum absolute atomic E-state index is 0.189. The lowest BCUT2D eigenvalue weighted by molar-refractivity contribution is -0.529. The molecule has 0 aromatic rings. The lowest BCUT2D eigenvalue weighted by Gasteiger charge is -2.04. The molecule has 0 saturated carbocycles. The minimum Gasteiger partial charge on any atom is -0.600 e. The highest BCUT2D eigenvalue weighted by molar-refractivity contribution is 4.55. The van der Waals surface area contributed by atoms with Crippen molar-refractivity contribution >= 4 is 0 Å². The molecule has 0 radical (unpaired) electrons. The van der Waals surface area contributed by atoms with E-state index in [-0.39, 0.29) is 6.04 Å². The number of azo groups is 1. The van der Waals surface area contributed by atoms with Crippen LogP contribution in [0.15, 0.2) is 5.11 Å². The van der Waals surface area contributed by atoms with Gasteiger partial charge in [-0.05, 0) is 25.4 Å². The first kappa shape index (κ1) is 12.4. The molecule has 1 unspecified atom stereocenters. The van der Waals surface area contributed by atoms with Crippen molar-refractivity contribution < 1.29 is 4.86 Å². The summed E-state index contributed by atoms with van der Waals surface area (Å²) in [5.41, 5.74) is 0. The predicted molar refractivity (Wildman–Crippen MR) is 54.8 cm³/mol. The summed E-state index contributed by atoms with van der Waals surface area (Å²) < 4.78 is 0. The summed E-state index contributed by atoms with van der Waals surface area (Å²) in [5, 5.41) is 14.8. The third-order valence-corrected chi connectivity index (χ3v) is 2.07. The van der Waals surface area contributed by atoms with Gasteiger partial charge < -0.3 is 5.21 Å². The maximum absolute atomic E-state index is 10.9. The van der Waals surface area contributed by atoms with Crippen molar-refractivity contribution in [2.75, 3.05) is 6.54 Å². The average Bonchev–Trinajstić information content (AvgIpc) is 2.12. The second-order valence-electron chi connectivity index (χ2n) is 3.48. The largest absolute Gasteiger partial charge is 0.600 e. The minimum atomic E-state index is 0.189. The van der Waals surface area contributed by atoms with Crippen molar-refractivity contribution in [3.05, 3.63) is 5.21 Å². The zero-order chi connectivity index (χ0) is 10.1. The fourth-order valence-corrected chi connectivity index (χ4v) is 1.23. The molecule has 0 aromatic heterocycles. The van der Waals surface area contributed by atoms with E-state index in [1.165, 1.54) is 25.7 Å². The molecule has 0 heterocycles. The molecule has 0 spiro atoms. The maximum atomic E-state index is 10.9. The van der Waals surface area contributed by atoms with E-state index in [1.807, 2.05) is 13.8 Å². The van der Waals surface area contributed by atoms with Gasteiger partial charge >= 0.3 is 0 Å². The Bertz CT molecular complexity index is 146. The van der Waals surface area contributed by atoms with E-state index in [0.717, 1.165) is 11.3 Å². The Labute approximate surface area is 81.4 Å². The highest BCUT2D eigenvalue weighted by Gasteiger charge is 2.02. The Morgan fingerprint density at radius 1 is 1.23 bits per heavy atom. The van der Waals surface area contributed by atoms with Crippen LogP contribution in [0.2, 0.25) is 0 Å². The molecule has 0 saturated heterocycles. The van der Waals surface area contributed by atoms with Gasteiger partial charge in [-0.2, -0.15) is 0 Å². The number of hydrogen-bond donors (Lipinski definition) is 0. The number of rotatable bonds is 7. The predicted octanol–water partition coefficient (Wildman–Crippen LogP) is 3.33. The average molecular weight is 186 g/mol. The summed E-state index contributed by atoms with van der Waals surface area (Å²) >= 11 is 0. The molecule has 0 rings (SSSR count). The van der Waals surface area contributed by atoms with E-state index in [4.69, 9.17) is 0 Å². The molecule has 3 heteroatoms. The van der Waals surface area contributed by atoms with Crippen LogP contribution in [-0.2, 0) is 0 Å². The van der Waals surface area contributed by atoms with Crippen LogP contribution in [0.1, 0.15) is 52.9 Å². The monoisotopic (exact) mass is 186 g/mol. The van der Waals surface area contributed by atoms with E-state index in [1.54, 1.807) is 0 Å². The van der Waals surface area contributed by atoms with Crippen LogP contribution in [0.3, 0.4) is 0 Å². The number of nitrogens with zero attached hydrogens (tertiary/aromatic N) is 2. The summed E-state index contributed by atoms with van der Waals surface area (Å²) in [4.78, 5) is 0.782. The van der Waals surface area contributed by atoms with E-state index >= 15 is 0 Å². The van der Waals surface area contributed by atoms with Gasteiger partial charge in [0.05, 0.1) is 0 Å². The van der Waals surface area contributed by atoms with Gasteiger partial charge in [-0.3, -0.25) is 0 Å². The summed E-state index contributed by atoms with van der Waals surface area (Å²) in [7, 11) is 0. The lowest BCUT2D eigenvalue weighted by atomic mass is 10.1. The maximum Gasteiger partial charge on any atom is 0.177 e. The highest BCUT2D eigenvalue weighted by Crippen LogP contribution is 2.07. The third kappa shape index (κ3) is 7.75. The Kier molecular flexibility index (Phi) is 7.65. The molecule has 0 fully saturated rings. The molecule has 0 aliphatic heterocycles. The van der Waals surface area contributed by atoms with E-state index in [9.17, 15) is 5.21 Å². The summed E-state index contributed by atoms with van der Waals surface area (Å²) in [5.74, 6) is 0. The van der Waals surface area contributed by atoms with Crippen LogP contribution < -0.4 is 0 Å². The highest BCUT2D eigenvalue weighted by atomic mass is 16.5. The number of unbranched alkanes of at least 4 members (excludes halogenated alkanes) is 3. The summed E-state index contributed by atoms with van der Waals surface area (Å²) in [6, 6.07) is 0.189. The Balaban J connectivity index is 3.45. The van der Waals surface area contributed by atoms with Gasteiger partial charge in [0.25, 0.3) is 0 Å². The molecule has 0 aromatic carbocycles. The molecular weight excluding hydrogens is 164 g/mol. The quantitative estimate of drug-likeness (QED) is 0.260. The second kappa shape index (κ2) is 8.02.